The Morgan fingerprint density at radius 1 is 1.29 bits per heavy atom. The van der Waals surface area contributed by atoms with Gasteiger partial charge in [-0.1, -0.05) is 35.5 Å². The monoisotopic (exact) mass is 380 g/mol. The maximum atomic E-state index is 13.2. The zero-order valence-electron chi connectivity index (χ0n) is 15.8. The van der Waals surface area contributed by atoms with Crippen LogP contribution in [0.3, 0.4) is 0 Å². The molecule has 1 aliphatic rings. The standard InChI is InChI=1S/C20H24N6O2/c1-15(18-24-17(25-28-18)14-16-6-3-2-4-7-16)23-19(27)20(8-11-21-12-9-20)26-13-5-10-22-26/h2-7,10,13,15,21H,8-9,11-12,14H2,1H3,(H,23,27). The van der Waals surface area contributed by atoms with E-state index < -0.39 is 5.54 Å². The van der Waals surface area contributed by atoms with E-state index in [4.69, 9.17) is 4.52 Å². The first-order valence-electron chi connectivity index (χ1n) is 9.56. The van der Waals surface area contributed by atoms with E-state index in [0.717, 1.165) is 18.7 Å². The molecule has 3 heterocycles. The number of rotatable bonds is 6. The zero-order valence-corrected chi connectivity index (χ0v) is 15.8. The topological polar surface area (TPSA) is 97.9 Å². The molecule has 8 nitrogen and oxygen atoms in total. The van der Waals surface area contributed by atoms with Crippen LogP contribution >= 0.6 is 0 Å². The van der Waals surface area contributed by atoms with Crippen molar-refractivity contribution in [2.75, 3.05) is 13.1 Å². The highest BCUT2D eigenvalue weighted by Crippen LogP contribution is 2.28. The van der Waals surface area contributed by atoms with E-state index in [0.29, 0.717) is 31.0 Å². The van der Waals surface area contributed by atoms with Gasteiger partial charge >= 0.3 is 0 Å². The second kappa shape index (κ2) is 7.93. The van der Waals surface area contributed by atoms with Crippen LogP contribution in [-0.4, -0.2) is 38.9 Å². The number of benzene rings is 1. The first-order valence-corrected chi connectivity index (χ1v) is 9.56. The van der Waals surface area contributed by atoms with Crippen molar-refractivity contribution in [2.24, 2.45) is 0 Å². The van der Waals surface area contributed by atoms with Gasteiger partial charge in [0.1, 0.15) is 11.6 Å². The molecule has 0 spiro atoms. The lowest BCUT2D eigenvalue weighted by Gasteiger charge is -2.36. The normalized spacial score (nSPS) is 17.2. The van der Waals surface area contributed by atoms with Gasteiger partial charge < -0.3 is 15.2 Å². The predicted octanol–water partition coefficient (Wildman–Crippen LogP) is 1.81. The van der Waals surface area contributed by atoms with Crippen molar-refractivity contribution in [3.63, 3.8) is 0 Å². The number of carbonyl (C=O) groups is 1. The molecular weight excluding hydrogens is 356 g/mol. The average molecular weight is 380 g/mol. The lowest BCUT2D eigenvalue weighted by molar-refractivity contribution is -0.132. The fourth-order valence-electron chi connectivity index (χ4n) is 3.61. The number of hydrogen-bond donors (Lipinski definition) is 2. The number of hydrogen-bond acceptors (Lipinski definition) is 6. The number of carbonyl (C=O) groups excluding carboxylic acids is 1. The molecule has 2 aromatic heterocycles. The van der Waals surface area contributed by atoms with E-state index in [9.17, 15) is 4.79 Å². The zero-order chi connectivity index (χ0) is 19.4. The predicted molar refractivity (Wildman–Crippen MR) is 102 cm³/mol. The van der Waals surface area contributed by atoms with Crippen LogP contribution in [-0.2, 0) is 16.8 Å². The minimum absolute atomic E-state index is 0.0759. The van der Waals surface area contributed by atoms with Crippen molar-refractivity contribution < 1.29 is 9.32 Å². The Kier molecular flexibility index (Phi) is 5.21. The van der Waals surface area contributed by atoms with Gasteiger partial charge in [0.15, 0.2) is 5.82 Å². The third-order valence-electron chi connectivity index (χ3n) is 5.20. The van der Waals surface area contributed by atoms with E-state index in [1.807, 2.05) is 49.5 Å². The minimum Gasteiger partial charge on any atom is -0.342 e. The second-order valence-electron chi connectivity index (χ2n) is 7.14. The molecule has 1 aromatic carbocycles. The summed E-state index contributed by atoms with van der Waals surface area (Å²) in [6.45, 7) is 3.39. The smallest absolute Gasteiger partial charge is 0.248 e. The summed E-state index contributed by atoms with van der Waals surface area (Å²) in [7, 11) is 0. The molecule has 3 aromatic rings. The molecule has 0 radical (unpaired) electrons. The molecule has 0 aliphatic carbocycles. The van der Waals surface area contributed by atoms with Gasteiger partial charge in [0.05, 0.1) is 0 Å². The van der Waals surface area contributed by atoms with Crippen LogP contribution in [0, 0.1) is 0 Å². The maximum Gasteiger partial charge on any atom is 0.248 e. The van der Waals surface area contributed by atoms with E-state index in [1.165, 1.54) is 0 Å². The van der Waals surface area contributed by atoms with Crippen LogP contribution in [0.2, 0.25) is 0 Å². The second-order valence-corrected chi connectivity index (χ2v) is 7.14. The maximum absolute atomic E-state index is 13.2. The van der Waals surface area contributed by atoms with E-state index >= 15 is 0 Å². The Labute approximate surface area is 163 Å². The average Bonchev–Trinajstić information content (AvgIpc) is 3.42. The summed E-state index contributed by atoms with van der Waals surface area (Å²) < 4.78 is 7.17. The molecule has 28 heavy (non-hydrogen) atoms. The van der Waals surface area contributed by atoms with Gasteiger partial charge in [0.25, 0.3) is 0 Å². The van der Waals surface area contributed by atoms with Crippen LogP contribution in [0.1, 0.15) is 43.1 Å². The molecule has 8 heteroatoms. The summed E-state index contributed by atoms with van der Waals surface area (Å²) in [6.07, 6.45) is 5.50. The lowest BCUT2D eigenvalue weighted by Crippen LogP contribution is -2.55. The molecule has 1 atom stereocenters. The van der Waals surface area contributed by atoms with Gasteiger partial charge in [-0.2, -0.15) is 10.1 Å². The molecule has 1 unspecified atom stereocenters. The van der Waals surface area contributed by atoms with Crippen LogP contribution in [0.25, 0.3) is 0 Å². The van der Waals surface area contributed by atoms with Crippen LogP contribution in [0.15, 0.2) is 53.3 Å². The Morgan fingerprint density at radius 2 is 2.07 bits per heavy atom. The number of nitrogens with one attached hydrogen (secondary N) is 2. The molecule has 1 saturated heterocycles. The van der Waals surface area contributed by atoms with Crippen molar-refractivity contribution in [3.8, 4) is 0 Å². The molecule has 2 N–H and O–H groups in total. The van der Waals surface area contributed by atoms with Gasteiger partial charge in [0, 0.05) is 18.8 Å². The Balaban J connectivity index is 1.47. The SMILES string of the molecule is CC(NC(=O)C1(n2cccn2)CCNCC1)c1nc(Cc2ccccc2)no1. The van der Waals surface area contributed by atoms with Gasteiger partial charge in [-0.25, -0.2) is 0 Å². The van der Waals surface area contributed by atoms with Crippen molar-refractivity contribution in [3.05, 3.63) is 66.1 Å². The summed E-state index contributed by atoms with van der Waals surface area (Å²) in [5.74, 6) is 0.933. The van der Waals surface area contributed by atoms with E-state index in [1.54, 1.807) is 10.9 Å². The number of nitrogens with zero attached hydrogens (tertiary/aromatic N) is 4. The van der Waals surface area contributed by atoms with Crippen molar-refractivity contribution >= 4 is 5.91 Å². The fraction of sp³-hybridized carbons (Fsp3) is 0.400. The largest absolute Gasteiger partial charge is 0.342 e. The molecule has 1 fully saturated rings. The summed E-state index contributed by atoms with van der Waals surface area (Å²) in [5, 5.41) is 14.7. The highest BCUT2D eigenvalue weighted by atomic mass is 16.5. The van der Waals surface area contributed by atoms with Gasteiger partial charge in [-0.15, -0.1) is 0 Å². The van der Waals surface area contributed by atoms with Crippen molar-refractivity contribution in [1.82, 2.24) is 30.6 Å². The number of aromatic nitrogens is 4. The highest BCUT2D eigenvalue weighted by Gasteiger charge is 2.42. The molecular formula is C20H24N6O2. The van der Waals surface area contributed by atoms with Crippen molar-refractivity contribution in [2.45, 2.75) is 37.8 Å². The Morgan fingerprint density at radius 3 is 2.79 bits per heavy atom. The summed E-state index contributed by atoms with van der Waals surface area (Å²) >= 11 is 0. The van der Waals surface area contributed by atoms with E-state index in [-0.39, 0.29) is 11.9 Å². The van der Waals surface area contributed by atoms with E-state index in [2.05, 4.69) is 25.9 Å². The van der Waals surface area contributed by atoms with Gasteiger partial charge in [0.2, 0.25) is 11.8 Å². The highest BCUT2D eigenvalue weighted by molar-refractivity contribution is 5.84. The minimum atomic E-state index is -0.699. The van der Waals surface area contributed by atoms with Gasteiger partial charge in [-0.05, 0) is 44.5 Å². The molecule has 4 rings (SSSR count). The summed E-state index contributed by atoms with van der Waals surface area (Å²) in [6, 6.07) is 11.4. The first kappa shape index (κ1) is 18.4. The van der Waals surface area contributed by atoms with Crippen LogP contribution < -0.4 is 10.6 Å². The van der Waals surface area contributed by atoms with Crippen LogP contribution in [0.4, 0.5) is 0 Å². The quantitative estimate of drug-likeness (QED) is 0.677. The van der Waals surface area contributed by atoms with Gasteiger partial charge in [-0.3, -0.25) is 9.48 Å². The number of piperidine rings is 1. The molecule has 0 bridgehead atoms. The number of amides is 1. The molecule has 1 amide bonds. The van der Waals surface area contributed by atoms with Crippen LogP contribution in [0.5, 0.6) is 0 Å². The lowest BCUT2D eigenvalue weighted by atomic mass is 9.87. The van der Waals surface area contributed by atoms with Crippen molar-refractivity contribution in [1.29, 1.82) is 0 Å². The molecule has 1 aliphatic heterocycles. The summed E-state index contributed by atoms with van der Waals surface area (Å²) in [4.78, 5) is 17.7. The Bertz CT molecular complexity index is 900. The summed E-state index contributed by atoms with van der Waals surface area (Å²) in [5.41, 5.74) is 0.412. The fourth-order valence-corrected chi connectivity index (χ4v) is 3.61. The molecule has 0 saturated carbocycles. The third kappa shape index (κ3) is 3.68. The first-order chi connectivity index (χ1) is 13.7. The molecule has 146 valence electrons. The third-order valence-corrected chi connectivity index (χ3v) is 5.20. The Hall–Kier alpha value is -3.00.